The Labute approximate surface area is 131 Å². The van der Waals surface area contributed by atoms with E-state index in [0.29, 0.717) is 22.8 Å². The van der Waals surface area contributed by atoms with Crippen molar-refractivity contribution in [1.82, 2.24) is 9.55 Å². The smallest absolute Gasteiger partial charge is 0.257 e. The highest BCUT2D eigenvalue weighted by atomic mass is 19.1. The third kappa shape index (κ3) is 3.11. The topological polar surface area (TPSA) is 46.9 Å². The normalized spacial score (nSPS) is 10.6. The van der Waals surface area contributed by atoms with Gasteiger partial charge in [-0.3, -0.25) is 10.1 Å². The summed E-state index contributed by atoms with van der Waals surface area (Å²) >= 11 is 0. The number of carbonyl (C=O) groups excluding carboxylic acids is 1. The molecule has 0 saturated carbocycles. The Kier molecular flexibility index (Phi) is 3.89. The van der Waals surface area contributed by atoms with Crippen LogP contribution in [0, 0.1) is 11.6 Å². The van der Waals surface area contributed by atoms with E-state index in [-0.39, 0.29) is 5.82 Å². The number of aromatic nitrogens is 2. The second kappa shape index (κ2) is 6.00. The standard InChI is InChI=1S/C17H13F2N3O/c1-22-15(12-3-2-4-14(19)9-12)10-20-17(22)21-16(23)11-5-7-13(18)8-6-11/h2-10H,1H3,(H,20,21,23). The van der Waals surface area contributed by atoms with E-state index in [0.717, 1.165) is 0 Å². The first-order chi connectivity index (χ1) is 11.0. The minimum absolute atomic E-state index is 0.318. The molecule has 0 radical (unpaired) electrons. The SMILES string of the molecule is Cn1c(-c2cccc(F)c2)cnc1NC(=O)c1ccc(F)cc1. The van der Waals surface area contributed by atoms with E-state index in [4.69, 9.17) is 0 Å². The minimum atomic E-state index is -0.410. The molecule has 0 bridgehead atoms. The van der Waals surface area contributed by atoms with E-state index >= 15 is 0 Å². The molecule has 23 heavy (non-hydrogen) atoms. The number of nitrogens with zero attached hydrogens (tertiary/aromatic N) is 2. The van der Waals surface area contributed by atoms with Crippen LogP contribution in [0.2, 0.25) is 0 Å². The third-order valence-electron chi connectivity index (χ3n) is 3.44. The Morgan fingerprint density at radius 2 is 1.83 bits per heavy atom. The summed E-state index contributed by atoms with van der Waals surface area (Å²) < 4.78 is 27.9. The lowest BCUT2D eigenvalue weighted by Crippen LogP contribution is -2.15. The summed E-state index contributed by atoms with van der Waals surface area (Å²) in [6, 6.07) is 11.3. The number of hydrogen-bond acceptors (Lipinski definition) is 2. The van der Waals surface area contributed by atoms with Gasteiger partial charge in [-0.25, -0.2) is 13.8 Å². The summed E-state index contributed by atoms with van der Waals surface area (Å²) in [6.07, 6.45) is 1.55. The van der Waals surface area contributed by atoms with Crippen LogP contribution in [0.25, 0.3) is 11.3 Å². The number of hydrogen-bond donors (Lipinski definition) is 1. The van der Waals surface area contributed by atoms with Crippen molar-refractivity contribution in [2.45, 2.75) is 0 Å². The number of halogens is 2. The van der Waals surface area contributed by atoms with Gasteiger partial charge in [-0.05, 0) is 36.4 Å². The monoisotopic (exact) mass is 313 g/mol. The zero-order valence-corrected chi connectivity index (χ0v) is 12.3. The Morgan fingerprint density at radius 3 is 2.52 bits per heavy atom. The van der Waals surface area contributed by atoms with Crippen LogP contribution in [0.15, 0.2) is 54.7 Å². The fourth-order valence-corrected chi connectivity index (χ4v) is 2.22. The average Bonchev–Trinajstić information content (AvgIpc) is 2.89. The lowest BCUT2D eigenvalue weighted by Gasteiger charge is -2.08. The molecule has 1 amide bonds. The fraction of sp³-hybridized carbons (Fsp3) is 0.0588. The van der Waals surface area contributed by atoms with Crippen LogP contribution in [-0.2, 0) is 7.05 Å². The fourth-order valence-electron chi connectivity index (χ4n) is 2.22. The molecule has 6 heteroatoms. The van der Waals surface area contributed by atoms with Crippen molar-refractivity contribution in [3.05, 3.63) is 71.9 Å². The van der Waals surface area contributed by atoms with E-state index < -0.39 is 11.7 Å². The Morgan fingerprint density at radius 1 is 1.09 bits per heavy atom. The zero-order chi connectivity index (χ0) is 16.4. The molecular formula is C17H13F2N3O. The molecule has 116 valence electrons. The van der Waals surface area contributed by atoms with Crippen LogP contribution in [0.3, 0.4) is 0 Å². The van der Waals surface area contributed by atoms with Crippen LogP contribution in [0.5, 0.6) is 0 Å². The van der Waals surface area contributed by atoms with Crippen LogP contribution in [0.4, 0.5) is 14.7 Å². The molecule has 0 fully saturated rings. The molecule has 0 aliphatic heterocycles. The van der Waals surface area contributed by atoms with Crippen molar-refractivity contribution < 1.29 is 13.6 Å². The molecule has 3 aromatic rings. The average molecular weight is 313 g/mol. The van der Waals surface area contributed by atoms with E-state index in [1.54, 1.807) is 29.9 Å². The summed E-state index contributed by atoms with van der Waals surface area (Å²) in [6.45, 7) is 0. The molecule has 0 saturated heterocycles. The zero-order valence-electron chi connectivity index (χ0n) is 12.3. The van der Waals surface area contributed by atoms with Gasteiger partial charge in [-0.1, -0.05) is 12.1 Å². The summed E-state index contributed by atoms with van der Waals surface area (Å²) in [7, 11) is 1.72. The third-order valence-corrected chi connectivity index (χ3v) is 3.44. The highest BCUT2D eigenvalue weighted by Gasteiger charge is 2.13. The first-order valence-corrected chi connectivity index (χ1v) is 6.89. The van der Waals surface area contributed by atoms with Crippen molar-refractivity contribution in [2.75, 3.05) is 5.32 Å². The predicted octanol–water partition coefficient (Wildman–Crippen LogP) is 3.62. The van der Waals surface area contributed by atoms with Gasteiger partial charge in [0, 0.05) is 18.2 Å². The van der Waals surface area contributed by atoms with Crippen LogP contribution in [-0.4, -0.2) is 15.5 Å². The van der Waals surface area contributed by atoms with Gasteiger partial charge >= 0.3 is 0 Å². The molecule has 0 aliphatic carbocycles. The molecule has 2 aromatic carbocycles. The molecule has 1 aromatic heterocycles. The Bertz CT molecular complexity index is 857. The summed E-state index contributed by atoms with van der Waals surface area (Å²) in [5, 5.41) is 2.65. The Hall–Kier alpha value is -3.02. The second-order valence-electron chi connectivity index (χ2n) is 5.00. The maximum atomic E-state index is 13.3. The first-order valence-electron chi connectivity index (χ1n) is 6.89. The molecule has 0 aliphatic rings. The first kappa shape index (κ1) is 14.9. The van der Waals surface area contributed by atoms with E-state index in [1.165, 1.54) is 36.4 Å². The van der Waals surface area contributed by atoms with Crippen LogP contribution >= 0.6 is 0 Å². The van der Waals surface area contributed by atoms with Gasteiger partial charge in [-0.2, -0.15) is 0 Å². The molecule has 0 unspecified atom stereocenters. The van der Waals surface area contributed by atoms with Crippen molar-refractivity contribution in [3.8, 4) is 11.3 Å². The van der Waals surface area contributed by atoms with Crippen molar-refractivity contribution in [1.29, 1.82) is 0 Å². The van der Waals surface area contributed by atoms with Crippen molar-refractivity contribution in [2.24, 2.45) is 7.05 Å². The molecule has 0 atom stereocenters. The maximum Gasteiger partial charge on any atom is 0.257 e. The molecule has 4 nitrogen and oxygen atoms in total. The largest absolute Gasteiger partial charge is 0.313 e. The number of carbonyl (C=O) groups is 1. The maximum absolute atomic E-state index is 13.3. The van der Waals surface area contributed by atoms with Gasteiger partial charge in [0.25, 0.3) is 5.91 Å². The number of nitrogens with one attached hydrogen (secondary N) is 1. The number of imidazole rings is 1. The van der Waals surface area contributed by atoms with Crippen molar-refractivity contribution in [3.63, 3.8) is 0 Å². The number of benzene rings is 2. The number of amides is 1. The summed E-state index contributed by atoms with van der Waals surface area (Å²) in [4.78, 5) is 16.3. The minimum Gasteiger partial charge on any atom is -0.313 e. The van der Waals surface area contributed by atoms with E-state index in [2.05, 4.69) is 10.3 Å². The summed E-state index contributed by atoms with van der Waals surface area (Å²) in [5.74, 6) is -0.837. The summed E-state index contributed by atoms with van der Waals surface area (Å²) in [5.41, 5.74) is 1.64. The second-order valence-corrected chi connectivity index (χ2v) is 5.00. The van der Waals surface area contributed by atoms with Gasteiger partial charge < -0.3 is 4.57 Å². The van der Waals surface area contributed by atoms with Crippen LogP contribution < -0.4 is 5.32 Å². The number of rotatable bonds is 3. The van der Waals surface area contributed by atoms with Gasteiger partial charge in [0.2, 0.25) is 5.95 Å². The highest BCUT2D eigenvalue weighted by Crippen LogP contribution is 2.22. The number of anilines is 1. The highest BCUT2D eigenvalue weighted by molar-refractivity contribution is 6.03. The molecule has 3 rings (SSSR count). The molecule has 0 spiro atoms. The van der Waals surface area contributed by atoms with Crippen molar-refractivity contribution >= 4 is 11.9 Å². The van der Waals surface area contributed by atoms with Crippen LogP contribution in [0.1, 0.15) is 10.4 Å². The molecule has 1 heterocycles. The lowest BCUT2D eigenvalue weighted by molar-refractivity contribution is 0.102. The van der Waals surface area contributed by atoms with E-state index in [1.807, 2.05) is 0 Å². The van der Waals surface area contributed by atoms with Gasteiger partial charge in [0.15, 0.2) is 0 Å². The lowest BCUT2D eigenvalue weighted by atomic mass is 10.1. The molecule has 1 N–H and O–H groups in total. The van der Waals surface area contributed by atoms with Gasteiger partial charge in [-0.15, -0.1) is 0 Å². The predicted molar refractivity (Wildman–Crippen MR) is 83.0 cm³/mol. The molecular weight excluding hydrogens is 300 g/mol. The quantitative estimate of drug-likeness (QED) is 0.803. The Balaban J connectivity index is 1.85. The van der Waals surface area contributed by atoms with E-state index in [9.17, 15) is 13.6 Å². The van der Waals surface area contributed by atoms with Gasteiger partial charge in [0.05, 0.1) is 11.9 Å². The van der Waals surface area contributed by atoms with Gasteiger partial charge in [0.1, 0.15) is 11.6 Å².